The summed E-state index contributed by atoms with van der Waals surface area (Å²) in [5.74, 6) is 1.91. The number of benzene rings is 2. The first kappa shape index (κ1) is 12.1. The Balaban J connectivity index is 2.28. The fourth-order valence-electron chi connectivity index (χ4n) is 1.37. The van der Waals surface area contributed by atoms with Crippen molar-refractivity contribution in [3.63, 3.8) is 0 Å². The number of hydrogen-bond acceptors (Lipinski definition) is 2. The number of halogens is 2. The van der Waals surface area contributed by atoms with Crippen LogP contribution in [0.15, 0.2) is 42.5 Å². The Kier molecular flexibility index (Phi) is 3.77. The Hall–Kier alpha value is -1.38. The van der Waals surface area contributed by atoms with E-state index < -0.39 is 0 Å². The van der Waals surface area contributed by atoms with E-state index in [1.807, 2.05) is 24.3 Å². The molecule has 0 aliphatic rings. The molecule has 0 fully saturated rings. The van der Waals surface area contributed by atoms with Crippen molar-refractivity contribution < 1.29 is 9.47 Å². The minimum Gasteiger partial charge on any atom is -0.493 e. The molecule has 2 aromatic rings. The quantitative estimate of drug-likeness (QED) is 0.797. The molecule has 0 N–H and O–H groups in total. The van der Waals surface area contributed by atoms with E-state index in [0.717, 1.165) is 0 Å². The molecule has 0 saturated carbocycles. The first-order chi connectivity index (χ1) is 8.20. The van der Waals surface area contributed by atoms with E-state index in [0.29, 0.717) is 27.3 Å². The highest BCUT2D eigenvalue weighted by Gasteiger charge is 2.05. The van der Waals surface area contributed by atoms with Gasteiger partial charge < -0.3 is 9.47 Å². The van der Waals surface area contributed by atoms with Crippen LogP contribution in [-0.2, 0) is 0 Å². The molecule has 0 aliphatic heterocycles. The van der Waals surface area contributed by atoms with Crippen molar-refractivity contribution >= 4 is 23.2 Å². The maximum absolute atomic E-state index is 5.91. The molecule has 0 bridgehead atoms. The fraction of sp³-hybridized carbons (Fsp3) is 0.0769. The lowest BCUT2D eigenvalue weighted by Crippen LogP contribution is -1.89. The van der Waals surface area contributed by atoms with Gasteiger partial charge in [0.05, 0.1) is 17.2 Å². The fourth-order valence-corrected chi connectivity index (χ4v) is 1.66. The number of hydrogen-bond donors (Lipinski definition) is 0. The normalized spacial score (nSPS) is 10.1. The molecule has 0 unspecified atom stereocenters. The van der Waals surface area contributed by atoms with Crippen molar-refractivity contribution in [2.24, 2.45) is 0 Å². The average molecular weight is 269 g/mol. The topological polar surface area (TPSA) is 18.5 Å². The minimum atomic E-state index is 0.457. The van der Waals surface area contributed by atoms with Crippen LogP contribution in [-0.4, -0.2) is 7.11 Å². The summed E-state index contributed by atoms with van der Waals surface area (Å²) in [5.41, 5.74) is 0. The van der Waals surface area contributed by atoms with Crippen LogP contribution in [0.3, 0.4) is 0 Å². The number of ether oxygens (including phenoxy) is 2. The lowest BCUT2D eigenvalue weighted by atomic mass is 10.3. The van der Waals surface area contributed by atoms with E-state index in [1.54, 1.807) is 25.3 Å². The van der Waals surface area contributed by atoms with Crippen molar-refractivity contribution in [1.82, 2.24) is 0 Å². The van der Waals surface area contributed by atoms with E-state index >= 15 is 0 Å². The van der Waals surface area contributed by atoms with Crippen LogP contribution in [0.1, 0.15) is 0 Å². The van der Waals surface area contributed by atoms with Gasteiger partial charge in [0.2, 0.25) is 0 Å². The Bertz CT molecular complexity index is 527. The number of para-hydroxylation sites is 2. The summed E-state index contributed by atoms with van der Waals surface area (Å²) >= 11 is 11.7. The number of rotatable bonds is 3. The summed E-state index contributed by atoms with van der Waals surface area (Å²) in [6, 6.07) is 12.5. The second-order valence-corrected chi connectivity index (χ2v) is 4.14. The largest absolute Gasteiger partial charge is 0.493 e. The number of methoxy groups -OCH3 is 1. The molecule has 0 aliphatic carbocycles. The molecular weight excluding hydrogens is 259 g/mol. The zero-order chi connectivity index (χ0) is 12.3. The third kappa shape index (κ3) is 2.84. The molecule has 2 nitrogen and oxygen atoms in total. The highest BCUT2D eigenvalue weighted by atomic mass is 35.5. The second-order valence-electron chi connectivity index (χ2n) is 3.33. The van der Waals surface area contributed by atoms with E-state index in [9.17, 15) is 0 Å². The van der Waals surface area contributed by atoms with Gasteiger partial charge in [0.25, 0.3) is 0 Å². The maximum atomic E-state index is 5.91. The standard InChI is InChI=1S/C13H10Cl2O2/c1-16-12-4-2-3-5-13(12)17-9-6-7-10(14)11(15)8-9/h2-8H,1H3. The minimum absolute atomic E-state index is 0.457. The predicted molar refractivity (Wildman–Crippen MR) is 69.5 cm³/mol. The molecule has 0 aromatic heterocycles. The molecule has 0 amide bonds. The van der Waals surface area contributed by atoms with Gasteiger partial charge in [-0.15, -0.1) is 0 Å². The van der Waals surface area contributed by atoms with Crippen molar-refractivity contribution in [1.29, 1.82) is 0 Å². The Morgan fingerprint density at radius 1 is 0.882 bits per heavy atom. The third-order valence-electron chi connectivity index (χ3n) is 2.19. The van der Waals surface area contributed by atoms with Gasteiger partial charge in [0, 0.05) is 6.07 Å². The summed E-state index contributed by atoms with van der Waals surface area (Å²) in [4.78, 5) is 0. The van der Waals surface area contributed by atoms with Gasteiger partial charge in [-0.2, -0.15) is 0 Å². The first-order valence-corrected chi connectivity index (χ1v) is 5.72. The highest BCUT2D eigenvalue weighted by molar-refractivity contribution is 6.42. The van der Waals surface area contributed by atoms with Crippen molar-refractivity contribution in [2.75, 3.05) is 7.11 Å². The summed E-state index contributed by atoms with van der Waals surface area (Å²) in [6.07, 6.45) is 0. The molecule has 2 rings (SSSR count). The zero-order valence-corrected chi connectivity index (χ0v) is 10.6. The van der Waals surface area contributed by atoms with Crippen LogP contribution in [0.2, 0.25) is 10.0 Å². The van der Waals surface area contributed by atoms with Gasteiger partial charge in [-0.05, 0) is 24.3 Å². The van der Waals surface area contributed by atoms with Gasteiger partial charge in [-0.1, -0.05) is 35.3 Å². The SMILES string of the molecule is COc1ccccc1Oc1ccc(Cl)c(Cl)c1. The van der Waals surface area contributed by atoms with Crippen molar-refractivity contribution in [3.05, 3.63) is 52.5 Å². The lowest BCUT2D eigenvalue weighted by Gasteiger charge is -2.10. The third-order valence-corrected chi connectivity index (χ3v) is 2.93. The molecule has 0 saturated heterocycles. The van der Waals surface area contributed by atoms with Crippen LogP contribution in [0, 0.1) is 0 Å². The summed E-state index contributed by atoms with van der Waals surface area (Å²) in [7, 11) is 1.59. The molecule has 88 valence electrons. The summed E-state index contributed by atoms with van der Waals surface area (Å²) in [5, 5.41) is 0.957. The highest BCUT2D eigenvalue weighted by Crippen LogP contribution is 2.33. The summed E-state index contributed by atoms with van der Waals surface area (Å²) in [6.45, 7) is 0. The predicted octanol–water partition coefficient (Wildman–Crippen LogP) is 4.79. The maximum Gasteiger partial charge on any atom is 0.169 e. The first-order valence-electron chi connectivity index (χ1n) is 4.96. The van der Waals surface area contributed by atoms with E-state index in [-0.39, 0.29) is 0 Å². The van der Waals surface area contributed by atoms with Crippen LogP contribution >= 0.6 is 23.2 Å². The van der Waals surface area contributed by atoms with Crippen LogP contribution < -0.4 is 9.47 Å². The second kappa shape index (κ2) is 5.30. The monoisotopic (exact) mass is 268 g/mol. The molecule has 2 aromatic carbocycles. The van der Waals surface area contributed by atoms with Gasteiger partial charge in [0.15, 0.2) is 11.5 Å². The van der Waals surface area contributed by atoms with Gasteiger partial charge >= 0.3 is 0 Å². The van der Waals surface area contributed by atoms with Crippen LogP contribution in [0.4, 0.5) is 0 Å². The van der Waals surface area contributed by atoms with E-state index in [1.165, 1.54) is 0 Å². The molecule has 0 heterocycles. The van der Waals surface area contributed by atoms with Crippen molar-refractivity contribution in [3.8, 4) is 17.2 Å². The molecule has 17 heavy (non-hydrogen) atoms. The zero-order valence-electron chi connectivity index (χ0n) is 9.11. The molecule has 0 spiro atoms. The van der Waals surface area contributed by atoms with E-state index in [4.69, 9.17) is 32.7 Å². The van der Waals surface area contributed by atoms with Gasteiger partial charge in [0.1, 0.15) is 5.75 Å². The Morgan fingerprint density at radius 3 is 2.24 bits per heavy atom. The Morgan fingerprint density at radius 2 is 1.59 bits per heavy atom. The van der Waals surface area contributed by atoms with E-state index in [2.05, 4.69) is 0 Å². The molecule has 4 heteroatoms. The smallest absolute Gasteiger partial charge is 0.169 e. The molecular formula is C13H10Cl2O2. The average Bonchev–Trinajstić information content (AvgIpc) is 2.34. The van der Waals surface area contributed by atoms with Crippen LogP contribution in [0.5, 0.6) is 17.2 Å². The Labute approximate surface area is 110 Å². The van der Waals surface area contributed by atoms with Gasteiger partial charge in [-0.25, -0.2) is 0 Å². The summed E-state index contributed by atoms with van der Waals surface area (Å²) < 4.78 is 10.9. The van der Waals surface area contributed by atoms with Crippen LogP contribution in [0.25, 0.3) is 0 Å². The molecule has 0 atom stereocenters. The molecule has 0 radical (unpaired) electrons. The van der Waals surface area contributed by atoms with Gasteiger partial charge in [-0.3, -0.25) is 0 Å². The lowest BCUT2D eigenvalue weighted by molar-refractivity contribution is 0.379. The van der Waals surface area contributed by atoms with Crippen molar-refractivity contribution in [2.45, 2.75) is 0 Å².